The lowest BCUT2D eigenvalue weighted by Crippen LogP contribution is -2.14. The van der Waals surface area contributed by atoms with E-state index in [1.54, 1.807) is 18.2 Å². The number of methoxy groups -OCH3 is 1. The van der Waals surface area contributed by atoms with Crippen LogP contribution in [0.15, 0.2) is 22.4 Å². The van der Waals surface area contributed by atoms with Crippen molar-refractivity contribution in [2.75, 3.05) is 23.9 Å². The number of aryl methyl sites for hydroxylation is 1. The summed E-state index contributed by atoms with van der Waals surface area (Å²) in [6.07, 6.45) is 0. The molecule has 5 nitrogen and oxygen atoms in total. The van der Waals surface area contributed by atoms with E-state index in [1.807, 2.05) is 6.92 Å². The van der Waals surface area contributed by atoms with Crippen molar-refractivity contribution >= 4 is 51.4 Å². The Bertz CT molecular complexity index is 661. The smallest absolute Gasteiger partial charge is 0.234 e. The lowest BCUT2D eigenvalue weighted by molar-refractivity contribution is -0.113. The molecule has 0 bridgehead atoms. The maximum Gasteiger partial charge on any atom is 0.234 e. The summed E-state index contributed by atoms with van der Waals surface area (Å²) < 4.78 is 6.13. The van der Waals surface area contributed by atoms with Gasteiger partial charge in [-0.05, 0) is 25.1 Å². The molecule has 0 spiro atoms. The molecule has 0 atom stereocenters. The summed E-state index contributed by atoms with van der Waals surface area (Å²) in [5.41, 5.74) is 7.02. The van der Waals surface area contributed by atoms with Crippen LogP contribution in [0.2, 0.25) is 5.02 Å². The molecule has 0 saturated heterocycles. The van der Waals surface area contributed by atoms with Crippen LogP contribution in [-0.2, 0) is 4.79 Å². The Kier molecular flexibility index (Phi) is 5.33. The van der Waals surface area contributed by atoms with Crippen molar-refractivity contribution in [1.29, 1.82) is 0 Å². The first-order valence-electron chi connectivity index (χ1n) is 5.98. The van der Waals surface area contributed by atoms with Crippen LogP contribution in [0, 0.1) is 6.92 Å². The molecule has 21 heavy (non-hydrogen) atoms. The normalized spacial score (nSPS) is 10.4. The molecule has 1 aromatic heterocycles. The number of amides is 1. The summed E-state index contributed by atoms with van der Waals surface area (Å²) in [5.74, 6) is 0.681. The van der Waals surface area contributed by atoms with Gasteiger partial charge in [-0.2, -0.15) is 0 Å². The molecule has 8 heteroatoms. The fraction of sp³-hybridized carbons (Fsp3) is 0.231. The van der Waals surface area contributed by atoms with Crippen LogP contribution in [0.4, 0.5) is 10.8 Å². The molecule has 3 N–H and O–H groups in total. The van der Waals surface area contributed by atoms with Crippen molar-refractivity contribution in [3.8, 4) is 5.75 Å². The van der Waals surface area contributed by atoms with Gasteiger partial charge in [0.15, 0.2) is 5.13 Å². The molecule has 0 fully saturated rings. The van der Waals surface area contributed by atoms with E-state index in [0.717, 1.165) is 9.90 Å². The van der Waals surface area contributed by atoms with E-state index in [4.69, 9.17) is 22.1 Å². The monoisotopic (exact) mass is 343 g/mol. The van der Waals surface area contributed by atoms with Gasteiger partial charge in [-0.15, -0.1) is 11.8 Å². The number of nitrogens with zero attached hydrogens (tertiary/aromatic N) is 1. The van der Waals surface area contributed by atoms with Gasteiger partial charge in [0.05, 0.1) is 28.5 Å². The topological polar surface area (TPSA) is 77.2 Å². The molecular weight excluding hydrogens is 330 g/mol. The van der Waals surface area contributed by atoms with Crippen LogP contribution >= 0.6 is 34.7 Å². The number of hydrogen-bond acceptors (Lipinski definition) is 6. The highest BCUT2D eigenvalue weighted by molar-refractivity contribution is 8.01. The zero-order valence-electron chi connectivity index (χ0n) is 11.5. The molecule has 0 radical (unpaired) electrons. The molecule has 1 heterocycles. The Morgan fingerprint density at radius 3 is 2.95 bits per heavy atom. The molecule has 0 unspecified atom stereocenters. The third-order valence-electron chi connectivity index (χ3n) is 2.54. The Balaban J connectivity index is 1.99. The average Bonchev–Trinajstić information content (AvgIpc) is 2.75. The van der Waals surface area contributed by atoms with Crippen LogP contribution in [0.25, 0.3) is 0 Å². The minimum atomic E-state index is -0.146. The van der Waals surface area contributed by atoms with E-state index in [1.165, 1.54) is 30.2 Å². The number of nitrogens with one attached hydrogen (secondary N) is 1. The molecular formula is C13H14ClN3O2S2. The lowest BCUT2D eigenvalue weighted by atomic mass is 10.3. The van der Waals surface area contributed by atoms with Crippen molar-refractivity contribution in [3.05, 3.63) is 28.9 Å². The van der Waals surface area contributed by atoms with Gasteiger partial charge < -0.3 is 15.8 Å². The van der Waals surface area contributed by atoms with E-state index in [0.29, 0.717) is 21.6 Å². The summed E-state index contributed by atoms with van der Waals surface area (Å²) >= 11 is 8.70. The number of halogens is 1. The second-order valence-electron chi connectivity index (χ2n) is 4.11. The molecule has 0 aliphatic carbocycles. The number of aromatic nitrogens is 1. The first-order chi connectivity index (χ1) is 9.99. The lowest BCUT2D eigenvalue weighted by Gasteiger charge is -2.10. The number of carbonyl (C=O) groups excluding carboxylic acids is 1. The van der Waals surface area contributed by atoms with Crippen LogP contribution in [0.3, 0.4) is 0 Å². The van der Waals surface area contributed by atoms with Gasteiger partial charge in [-0.25, -0.2) is 4.98 Å². The minimum Gasteiger partial charge on any atom is -0.495 e. The van der Waals surface area contributed by atoms with Crippen LogP contribution < -0.4 is 15.8 Å². The third kappa shape index (κ3) is 4.26. The van der Waals surface area contributed by atoms with Gasteiger partial charge in [0.1, 0.15) is 5.75 Å². The zero-order valence-corrected chi connectivity index (χ0v) is 13.9. The standard InChI is InChI=1S/C13H14ClN3O2S2/c1-7-12(21-13(15)16-7)20-6-11(18)17-9-5-8(14)3-4-10(9)19-2/h3-5H,6H2,1-2H3,(H2,15,16)(H,17,18). The molecule has 1 aromatic carbocycles. The van der Waals surface area contributed by atoms with Crippen molar-refractivity contribution in [2.45, 2.75) is 11.1 Å². The fourth-order valence-corrected chi connectivity index (χ4v) is 3.63. The summed E-state index contributed by atoms with van der Waals surface area (Å²) in [6.45, 7) is 1.87. The van der Waals surface area contributed by atoms with Crippen molar-refractivity contribution in [3.63, 3.8) is 0 Å². The third-order valence-corrected chi connectivity index (χ3v) is 5.12. The number of thioether (sulfide) groups is 1. The summed E-state index contributed by atoms with van der Waals surface area (Å²) in [5, 5.41) is 3.82. The quantitative estimate of drug-likeness (QED) is 0.813. The molecule has 0 aliphatic heterocycles. The minimum absolute atomic E-state index is 0.146. The van der Waals surface area contributed by atoms with Crippen molar-refractivity contribution in [2.24, 2.45) is 0 Å². The molecule has 0 saturated carbocycles. The van der Waals surface area contributed by atoms with Gasteiger partial charge in [-0.1, -0.05) is 22.9 Å². The number of ether oxygens (including phenoxy) is 1. The van der Waals surface area contributed by atoms with E-state index in [2.05, 4.69) is 10.3 Å². The Hall–Kier alpha value is -1.44. The van der Waals surface area contributed by atoms with E-state index >= 15 is 0 Å². The molecule has 0 aliphatic rings. The molecule has 2 aromatic rings. The van der Waals surface area contributed by atoms with E-state index in [9.17, 15) is 4.79 Å². The van der Waals surface area contributed by atoms with Gasteiger partial charge in [0.25, 0.3) is 0 Å². The fourth-order valence-electron chi connectivity index (χ4n) is 1.63. The van der Waals surface area contributed by atoms with Gasteiger partial charge in [0.2, 0.25) is 5.91 Å². The second-order valence-corrected chi connectivity index (χ2v) is 6.82. The van der Waals surface area contributed by atoms with E-state index in [-0.39, 0.29) is 11.7 Å². The second kappa shape index (κ2) is 7.02. The number of thiazole rings is 1. The van der Waals surface area contributed by atoms with Gasteiger partial charge in [-0.3, -0.25) is 4.79 Å². The maximum atomic E-state index is 12.0. The summed E-state index contributed by atoms with van der Waals surface area (Å²) in [7, 11) is 1.54. The SMILES string of the molecule is COc1ccc(Cl)cc1NC(=O)CSc1sc(N)nc1C. The summed E-state index contributed by atoms with van der Waals surface area (Å²) in [4.78, 5) is 16.1. The molecule has 1 amide bonds. The highest BCUT2D eigenvalue weighted by atomic mass is 35.5. The molecule has 112 valence electrons. The number of nitrogen functional groups attached to an aromatic ring is 1. The summed E-state index contributed by atoms with van der Waals surface area (Å²) in [6, 6.07) is 5.06. The first kappa shape index (κ1) is 15.9. The number of anilines is 2. The number of carbonyl (C=O) groups is 1. The highest BCUT2D eigenvalue weighted by Crippen LogP contribution is 2.31. The first-order valence-corrected chi connectivity index (χ1v) is 8.16. The predicted octanol–water partition coefficient (Wildman–Crippen LogP) is 3.43. The average molecular weight is 344 g/mol. The Labute approximate surface area is 135 Å². The molecule has 2 rings (SSSR count). The number of nitrogens with two attached hydrogens (primary N) is 1. The van der Waals surface area contributed by atoms with Crippen molar-refractivity contribution < 1.29 is 9.53 Å². The Morgan fingerprint density at radius 2 is 2.33 bits per heavy atom. The van der Waals surface area contributed by atoms with Crippen LogP contribution in [-0.4, -0.2) is 23.8 Å². The van der Waals surface area contributed by atoms with Crippen molar-refractivity contribution in [1.82, 2.24) is 4.98 Å². The maximum absolute atomic E-state index is 12.0. The van der Waals surface area contributed by atoms with Crippen LogP contribution in [0.5, 0.6) is 5.75 Å². The largest absolute Gasteiger partial charge is 0.495 e. The predicted molar refractivity (Wildman–Crippen MR) is 88.6 cm³/mol. The van der Waals surface area contributed by atoms with Gasteiger partial charge in [0, 0.05) is 5.02 Å². The van der Waals surface area contributed by atoms with Gasteiger partial charge >= 0.3 is 0 Å². The number of benzene rings is 1. The Morgan fingerprint density at radius 1 is 1.57 bits per heavy atom. The van der Waals surface area contributed by atoms with E-state index < -0.39 is 0 Å². The zero-order chi connectivity index (χ0) is 15.4. The van der Waals surface area contributed by atoms with Crippen LogP contribution in [0.1, 0.15) is 5.69 Å². The number of hydrogen-bond donors (Lipinski definition) is 2. The number of rotatable bonds is 5. The highest BCUT2D eigenvalue weighted by Gasteiger charge is 2.11.